The number of hydrogen-bond donors (Lipinski definition) is 1. The van der Waals surface area contributed by atoms with Gasteiger partial charge in [-0.2, -0.15) is 5.10 Å². The monoisotopic (exact) mass is 421 g/mol. The van der Waals surface area contributed by atoms with Crippen molar-refractivity contribution in [3.05, 3.63) is 81.6 Å². The molecule has 1 heterocycles. The molecule has 1 N–H and O–H groups in total. The van der Waals surface area contributed by atoms with Crippen LogP contribution in [0.15, 0.2) is 64.1 Å². The molecule has 0 saturated carbocycles. The van der Waals surface area contributed by atoms with Gasteiger partial charge >= 0.3 is 0 Å². The van der Waals surface area contributed by atoms with Crippen molar-refractivity contribution in [1.29, 1.82) is 0 Å². The van der Waals surface area contributed by atoms with Crippen molar-refractivity contribution in [3.63, 3.8) is 0 Å². The Morgan fingerprint density at radius 3 is 2.77 bits per heavy atom. The van der Waals surface area contributed by atoms with Crippen LogP contribution in [-0.2, 0) is 4.79 Å². The number of nitrogens with zero attached hydrogens (tertiary/aromatic N) is 2. The number of furan rings is 1. The lowest BCUT2D eigenvalue weighted by Gasteiger charge is -2.14. The predicted octanol–water partition coefficient (Wildman–Crippen LogP) is 4.82. The highest BCUT2D eigenvalue weighted by molar-refractivity contribution is 5.81. The number of non-ortho nitro benzene ring substituents is 1. The highest BCUT2D eigenvalue weighted by atomic mass is 16.6. The summed E-state index contributed by atoms with van der Waals surface area (Å²) in [6.45, 7) is 5.92. The molecule has 8 nitrogen and oxygen atoms in total. The number of rotatable bonds is 8. The second-order valence-corrected chi connectivity index (χ2v) is 7.29. The van der Waals surface area contributed by atoms with E-state index in [-0.39, 0.29) is 18.2 Å². The molecule has 0 unspecified atom stereocenters. The van der Waals surface area contributed by atoms with Gasteiger partial charge in [0.1, 0.15) is 17.3 Å². The predicted molar refractivity (Wildman–Crippen MR) is 117 cm³/mol. The fraction of sp³-hybridized carbons (Fsp3) is 0.217. The molecule has 3 rings (SSSR count). The number of amides is 1. The van der Waals surface area contributed by atoms with E-state index in [1.165, 1.54) is 18.3 Å². The fourth-order valence-electron chi connectivity index (χ4n) is 2.94. The van der Waals surface area contributed by atoms with Crippen molar-refractivity contribution >= 4 is 17.8 Å². The Hall–Kier alpha value is -3.94. The second-order valence-electron chi connectivity index (χ2n) is 7.29. The zero-order chi connectivity index (χ0) is 22.4. The smallest absolute Gasteiger partial charge is 0.277 e. The van der Waals surface area contributed by atoms with Crippen LogP contribution >= 0.6 is 0 Å². The Balaban J connectivity index is 1.57. The van der Waals surface area contributed by atoms with E-state index in [9.17, 15) is 14.9 Å². The third kappa shape index (κ3) is 5.79. The van der Waals surface area contributed by atoms with Gasteiger partial charge in [0.2, 0.25) is 0 Å². The summed E-state index contributed by atoms with van der Waals surface area (Å²) in [5, 5.41) is 14.8. The molecule has 3 aromatic rings. The Bertz CT molecular complexity index is 1120. The van der Waals surface area contributed by atoms with Crippen LogP contribution in [0.25, 0.3) is 11.3 Å². The first-order chi connectivity index (χ1) is 14.8. The maximum absolute atomic E-state index is 12.1. The van der Waals surface area contributed by atoms with Gasteiger partial charge in [-0.3, -0.25) is 14.9 Å². The van der Waals surface area contributed by atoms with Crippen molar-refractivity contribution in [1.82, 2.24) is 5.43 Å². The number of ether oxygens (including phenoxy) is 1. The maximum Gasteiger partial charge on any atom is 0.277 e. The van der Waals surface area contributed by atoms with E-state index in [0.29, 0.717) is 22.8 Å². The van der Waals surface area contributed by atoms with Crippen molar-refractivity contribution in [3.8, 4) is 17.1 Å². The Morgan fingerprint density at radius 2 is 2.03 bits per heavy atom. The minimum Gasteiger partial charge on any atom is -0.483 e. The lowest BCUT2D eigenvalue weighted by molar-refractivity contribution is -0.384. The lowest BCUT2D eigenvalue weighted by Crippen LogP contribution is -2.24. The average molecular weight is 421 g/mol. The highest BCUT2D eigenvalue weighted by Gasteiger charge is 2.11. The van der Waals surface area contributed by atoms with Crippen molar-refractivity contribution in [2.24, 2.45) is 5.10 Å². The SMILES string of the molecule is Cc1ccc(C(C)C)c(OCC(=O)NN=Cc2ccc(-c3cccc([N+](=O)[O-])c3)o2)c1. The molecule has 0 radical (unpaired) electrons. The molecule has 0 aliphatic carbocycles. The molecule has 0 saturated heterocycles. The van der Waals surface area contributed by atoms with Crippen LogP contribution in [0, 0.1) is 17.0 Å². The third-order valence-corrected chi connectivity index (χ3v) is 4.50. The number of carbonyl (C=O) groups excluding carboxylic acids is 1. The number of carbonyl (C=O) groups is 1. The molecule has 0 aliphatic heterocycles. The summed E-state index contributed by atoms with van der Waals surface area (Å²) in [4.78, 5) is 22.5. The van der Waals surface area contributed by atoms with Crippen molar-refractivity contribution in [2.45, 2.75) is 26.7 Å². The third-order valence-electron chi connectivity index (χ3n) is 4.50. The van der Waals surface area contributed by atoms with Crippen LogP contribution in [0.1, 0.15) is 36.7 Å². The molecule has 0 spiro atoms. The Labute approximate surface area is 179 Å². The molecule has 0 bridgehead atoms. The summed E-state index contributed by atoms with van der Waals surface area (Å²) in [5.74, 6) is 1.40. The summed E-state index contributed by atoms with van der Waals surface area (Å²) < 4.78 is 11.3. The minimum atomic E-state index is -0.465. The summed E-state index contributed by atoms with van der Waals surface area (Å²) in [5.41, 5.74) is 5.03. The summed E-state index contributed by atoms with van der Waals surface area (Å²) >= 11 is 0. The summed E-state index contributed by atoms with van der Waals surface area (Å²) in [6, 6.07) is 15.4. The molecular weight excluding hydrogens is 398 g/mol. The number of benzene rings is 2. The second kappa shape index (κ2) is 9.71. The Morgan fingerprint density at radius 1 is 1.23 bits per heavy atom. The largest absolute Gasteiger partial charge is 0.483 e. The standard InChI is InChI=1S/C23H23N3O5/c1-15(2)20-9-7-16(3)11-22(20)30-14-23(27)25-24-13-19-8-10-21(31-19)17-5-4-6-18(12-17)26(28)29/h4-13,15H,14H2,1-3H3,(H,25,27). The van der Waals surface area contributed by atoms with E-state index in [0.717, 1.165) is 11.1 Å². The van der Waals surface area contributed by atoms with Crippen LogP contribution in [0.5, 0.6) is 5.75 Å². The number of nitro groups is 1. The highest BCUT2D eigenvalue weighted by Crippen LogP contribution is 2.27. The van der Waals surface area contributed by atoms with Gasteiger partial charge in [0.25, 0.3) is 11.6 Å². The first-order valence-electron chi connectivity index (χ1n) is 9.73. The van der Waals surface area contributed by atoms with Gasteiger partial charge in [-0.25, -0.2) is 5.43 Å². The molecule has 2 aromatic carbocycles. The van der Waals surface area contributed by atoms with E-state index in [1.807, 2.05) is 25.1 Å². The number of nitro benzene ring substituents is 1. The van der Waals surface area contributed by atoms with E-state index in [4.69, 9.17) is 9.15 Å². The number of aryl methyl sites for hydroxylation is 1. The van der Waals surface area contributed by atoms with Gasteiger partial charge in [0, 0.05) is 17.7 Å². The van der Waals surface area contributed by atoms with Crippen molar-refractivity contribution in [2.75, 3.05) is 6.61 Å². The van der Waals surface area contributed by atoms with Crippen LogP contribution in [0.3, 0.4) is 0 Å². The number of nitrogens with one attached hydrogen (secondary N) is 1. The van der Waals surface area contributed by atoms with Gasteiger partial charge in [-0.1, -0.05) is 38.1 Å². The average Bonchev–Trinajstić information content (AvgIpc) is 3.21. The molecule has 0 fully saturated rings. The van der Waals surface area contributed by atoms with Gasteiger partial charge in [0.05, 0.1) is 11.1 Å². The van der Waals surface area contributed by atoms with E-state index in [1.54, 1.807) is 24.3 Å². The normalized spacial score (nSPS) is 11.1. The molecule has 31 heavy (non-hydrogen) atoms. The Kier molecular flexibility index (Phi) is 6.81. The van der Waals surface area contributed by atoms with Crippen LogP contribution in [0.2, 0.25) is 0 Å². The lowest BCUT2D eigenvalue weighted by atomic mass is 10.0. The molecule has 8 heteroatoms. The molecule has 160 valence electrons. The van der Waals surface area contributed by atoms with E-state index < -0.39 is 10.8 Å². The maximum atomic E-state index is 12.1. The van der Waals surface area contributed by atoms with Crippen LogP contribution < -0.4 is 10.2 Å². The first-order valence-corrected chi connectivity index (χ1v) is 9.73. The molecule has 0 aliphatic rings. The first kappa shape index (κ1) is 21.8. The van der Waals surface area contributed by atoms with E-state index >= 15 is 0 Å². The quantitative estimate of drug-likeness (QED) is 0.319. The molecule has 0 atom stereocenters. The molecular formula is C23H23N3O5. The van der Waals surface area contributed by atoms with Gasteiger partial charge in [-0.05, 0) is 42.2 Å². The zero-order valence-electron chi connectivity index (χ0n) is 17.5. The van der Waals surface area contributed by atoms with Crippen LogP contribution in [-0.4, -0.2) is 23.7 Å². The van der Waals surface area contributed by atoms with Crippen molar-refractivity contribution < 1.29 is 18.9 Å². The van der Waals surface area contributed by atoms with Gasteiger partial charge in [0.15, 0.2) is 6.61 Å². The molecule has 1 amide bonds. The van der Waals surface area contributed by atoms with Gasteiger partial charge < -0.3 is 9.15 Å². The minimum absolute atomic E-state index is 0.0226. The topological polar surface area (TPSA) is 107 Å². The number of hydrazone groups is 1. The summed E-state index contributed by atoms with van der Waals surface area (Å²) in [6.07, 6.45) is 1.35. The van der Waals surface area contributed by atoms with Crippen LogP contribution in [0.4, 0.5) is 5.69 Å². The summed E-state index contributed by atoms with van der Waals surface area (Å²) in [7, 11) is 0. The zero-order valence-corrected chi connectivity index (χ0v) is 17.5. The van der Waals surface area contributed by atoms with E-state index in [2.05, 4.69) is 24.4 Å². The number of hydrogen-bond acceptors (Lipinski definition) is 6. The fourth-order valence-corrected chi connectivity index (χ4v) is 2.94. The van der Waals surface area contributed by atoms with Gasteiger partial charge in [-0.15, -0.1) is 0 Å². The molecule has 1 aromatic heterocycles.